The molecule has 114 valence electrons. The number of rotatable bonds is 6. The van der Waals surface area contributed by atoms with E-state index in [1.165, 1.54) is 6.07 Å². The molecule has 0 amide bonds. The molecule has 6 nitrogen and oxygen atoms in total. The van der Waals surface area contributed by atoms with Crippen molar-refractivity contribution < 1.29 is 19.2 Å². The van der Waals surface area contributed by atoms with Crippen molar-refractivity contribution in [1.29, 1.82) is 0 Å². The molecule has 2 aromatic rings. The number of aryl methyl sites for hydroxylation is 1. The van der Waals surface area contributed by atoms with Crippen molar-refractivity contribution in [3.05, 3.63) is 52.1 Å². The summed E-state index contributed by atoms with van der Waals surface area (Å²) in [5.74, 6) is -1.57. The van der Waals surface area contributed by atoms with Gasteiger partial charge < -0.3 is 4.74 Å². The maximum Gasteiger partial charge on any atom is 0.374 e. The van der Waals surface area contributed by atoms with Crippen LogP contribution in [0.25, 0.3) is 10.8 Å². The van der Waals surface area contributed by atoms with Crippen LogP contribution >= 0.6 is 0 Å². The molecule has 0 atom stereocenters. The minimum Gasteiger partial charge on any atom is -0.460 e. The molecule has 0 N–H and O–H groups in total. The molecule has 0 radical (unpaired) electrons. The molecule has 0 aliphatic rings. The number of benzene rings is 2. The summed E-state index contributed by atoms with van der Waals surface area (Å²) in [4.78, 5) is 33.7. The van der Waals surface area contributed by atoms with Gasteiger partial charge in [-0.2, -0.15) is 0 Å². The van der Waals surface area contributed by atoms with E-state index in [2.05, 4.69) is 4.74 Å². The lowest BCUT2D eigenvalue weighted by molar-refractivity contribution is -0.385. The van der Waals surface area contributed by atoms with E-state index in [-0.39, 0.29) is 25.1 Å². The second kappa shape index (κ2) is 6.80. The fourth-order valence-corrected chi connectivity index (χ4v) is 2.31. The van der Waals surface area contributed by atoms with Gasteiger partial charge in [-0.3, -0.25) is 14.9 Å². The number of Topliss-reactive ketones (excluding diaryl/α,β-unsaturated/α-hetero) is 1. The summed E-state index contributed by atoms with van der Waals surface area (Å²) < 4.78 is 4.63. The van der Waals surface area contributed by atoms with Crippen molar-refractivity contribution in [2.45, 2.75) is 19.8 Å². The van der Waals surface area contributed by atoms with Gasteiger partial charge in [-0.1, -0.05) is 24.3 Å². The number of esters is 1. The fraction of sp³-hybridized carbons (Fsp3) is 0.250. The highest BCUT2D eigenvalue weighted by Gasteiger charge is 2.20. The predicted octanol–water partition coefficient (Wildman–Crippen LogP) is 2.81. The Hall–Kier alpha value is -2.76. The van der Waals surface area contributed by atoms with Gasteiger partial charge in [0, 0.05) is 18.1 Å². The number of carbonyl (C=O) groups is 2. The molecule has 22 heavy (non-hydrogen) atoms. The van der Waals surface area contributed by atoms with Gasteiger partial charge in [0.05, 0.1) is 11.5 Å². The van der Waals surface area contributed by atoms with Gasteiger partial charge in [-0.15, -0.1) is 0 Å². The Labute approximate surface area is 126 Å². The summed E-state index contributed by atoms with van der Waals surface area (Å²) in [5.41, 5.74) is 0.413. The molecule has 0 aromatic heterocycles. The molecule has 0 unspecified atom stereocenters. The Balaban J connectivity index is 2.32. The quantitative estimate of drug-likeness (QED) is 0.354. The monoisotopic (exact) mass is 301 g/mol. The number of hydrogen-bond donors (Lipinski definition) is 0. The van der Waals surface area contributed by atoms with Gasteiger partial charge >= 0.3 is 5.97 Å². The van der Waals surface area contributed by atoms with Crippen LogP contribution in [0, 0.1) is 10.1 Å². The number of ketones is 1. The third-order valence-corrected chi connectivity index (χ3v) is 3.32. The van der Waals surface area contributed by atoms with Crippen molar-refractivity contribution in [3.8, 4) is 0 Å². The number of ether oxygens (including phenoxy) is 1. The normalized spacial score (nSPS) is 10.4. The zero-order valence-electron chi connectivity index (χ0n) is 12.1. The number of hydrogen-bond acceptors (Lipinski definition) is 5. The molecule has 2 rings (SSSR count). The van der Waals surface area contributed by atoms with Crippen molar-refractivity contribution in [1.82, 2.24) is 0 Å². The second-order valence-corrected chi connectivity index (χ2v) is 4.69. The average molecular weight is 301 g/mol. The van der Waals surface area contributed by atoms with E-state index in [1.807, 2.05) is 12.1 Å². The number of carbonyl (C=O) groups excluding carboxylic acids is 2. The Kier molecular flexibility index (Phi) is 4.83. The number of nitrogens with zero attached hydrogens (tertiary/aromatic N) is 1. The lowest BCUT2D eigenvalue weighted by Crippen LogP contribution is -2.18. The van der Waals surface area contributed by atoms with Gasteiger partial charge in [-0.05, 0) is 30.2 Å². The van der Waals surface area contributed by atoms with E-state index in [0.29, 0.717) is 10.9 Å². The summed E-state index contributed by atoms with van der Waals surface area (Å²) in [7, 11) is 0. The SMILES string of the molecule is CCOC(=O)C(=O)CCc1c([N+](=O)[O-])ccc2ccccc12. The van der Waals surface area contributed by atoms with Crippen LogP contribution in [0.1, 0.15) is 18.9 Å². The van der Waals surface area contributed by atoms with Crippen LogP contribution in [0.5, 0.6) is 0 Å². The summed E-state index contributed by atoms with van der Waals surface area (Å²) in [6, 6.07) is 10.3. The Morgan fingerprint density at radius 3 is 2.59 bits per heavy atom. The Morgan fingerprint density at radius 2 is 1.91 bits per heavy atom. The summed E-state index contributed by atoms with van der Waals surface area (Å²) in [5, 5.41) is 12.7. The van der Waals surface area contributed by atoms with E-state index >= 15 is 0 Å². The maximum absolute atomic E-state index is 11.7. The van der Waals surface area contributed by atoms with Crippen molar-refractivity contribution in [3.63, 3.8) is 0 Å². The number of fused-ring (bicyclic) bond motifs is 1. The summed E-state index contributed by atoms with van der Waals surface area (Å²) >= 11 is 0. The molecule has 0 saturated heterocycles. The largest absolute Gasteiger partial charge is 0.460 e. The smallest absolute Gasteiger partial charge is 0.374 e. The zero-order chi connectivity index (χ0) is 16.1. The highest BCUT2D eigenvalue weighted by atomic mass is 16.6. The van der Waals surface area contributed by atoms with Crippen LogP contribution in [-0.2, 0) is 20.7 Å². The highest BCUT2D eigenvalue weighted by molar-refractivity contribution is 6.33. The molecule has 2 aromatic carbocycles. The highest BCUT2D eigenvalue weighted by Crippen LogP contribution is 2.29. The lowest BCUT2D eigenvalue weighted by Gasteiger charge is -2.07. The van der Waals surface area contributed by atoms with Crippen LogP contribution in [0.15, 0.2) is 36.4 Å². The number of nitro groups is 1. The molecule has 0 bridgehead atoms. The fourth-order valence-electron chi connectivity index (χ4n) is 2.31. The summed E-state index contributed by atoms with van der Waals surface area (Å²) in [6.45, 7) is 1.74. The van der Waals surface area contributed by atoms with E-state index in [9.17, 15) is 19.7 Å². The van der Waals surface area contributed by atoms with E-state index < -0.39 is 16.7 Å². The van der Waals surface area contributed by atoms with Crippen LogP contribution in [0.3, 0.4) is 0 Å². The van der Waals surface area contributed by atoms with Crippen molar-refractivity contribution in [2.75, 3.05) is 6.61 Å². The predicted molar refractivity (Wildman–Crippen MR) is 80.6 cm³/mol. The Bertz CT molecular complexity index is 738. The summed E-state index contributed by atoms with van der Waals surface area (Å²) in [6.07, 6.45) is 0.00297. The minimum atomic E-state index is -0.898. The van der Waals surface area contributed by atoms with Crippen molar-refractivity contribution >= 4 is 28.2 Å². The zero-order valence-corrected chi connectivity index (χ0v) is 12.1. The maximum atomic E-state index is 11.7. The molecular weight excluding hydrogens is 286 g/mol. The van der Waals surface area contributed by atoms with Crippen LogP contribution in [0.2, 0.25) is 0 Å². The Morgan fingerprint density at radius 1 is 1.18 bits per heavy atom. The van der Waals surface area contributed by atoms with Crippen LogP contribution < -0.4 is 0 Å². The van der Waals surface area contributed by atoms with Crippen LogP contribution in [-0.4, -0.2) is 23.3 Å². The second-order valence-electron chi connectivity index (χ2n) is 4.69. The molecule has 0 aliphatic heterocycles. The third-order valence-electron chi connectivity index (χ3n) is 3.32. The first-order valence-electron chi connectivity index (χ1n) is 6.89. The minimum absolute atomic E-state index is 0.0460. The molecular formula is C16H15NO5. The topological polar surface area (TPSA) is 86.5 Å². The standard InChI is InChI=1S/C16H15NO5/c1-2-22-16(19)15(18)10-8-13-12-6-4-3-5-11(12)7-9-14(13)17(20)21/h3-7,9H,2,8,10H2,1H3. The molecule has 0 spiro atoms. The van der Waals surface area contributed by atoms with Gasteiger partial charge in [0.2, 0.25) is 5.78 Å². The van der Waals surface area contributed by atoms with E-state index in [0.717, 1.165) is 5.39 Å². The molecule has 0 heterocycles. The molecule has 0 fully saturated rings. The molecule has 6 heteroatoms. The van der Waals surface area contributed by atoms with Gasteiger partial charge in [0.15, 0.2) is 0 Å². The van der Waals surface area contributed by atoms with E-state index in [1.54, 1.807) is 25.1 Å². The van der Waals surface area contributed by atoms with Crippen LogP contribution in [0.4, 0.5) is 5.69 Å². The van der Waals surface area contributed by atoms with Gasteiger partial charge in [0.1, 0.15) is 0 Å². The molecule has 0 aliphatic carbocycles. The van der Waals surface area contributed by atoms with Crippen molar-refractivity contribution in [2.24, 2.45) is 0 Å². The van der Waals surface area contributed by atoms with Gasteiger partial charge in [-0.25, -0.2) is 4.79 Å². The molecule has 0 saturated carbocycles. The van der Waals surface area contributed by atoms with E-state index in [4.69, 9.17) is 0 Å². The lowest BCUT2D eigenvalue weighted by atomic mass is 9.98. The van der Waals surface area contributed by atoms with Gasteiger partial charge in [0.25, 0.3) is 5.69 Å². The first kappa shape index (κ1) is 15.6. The first-order chi connectivity index (χ1) is 10.5. The average Bonchev–Trinajstić information content (AvgIpc) is 2.52. The third kappa shape index (κ3) is 3.28. The number of nitro benzene ring substituents is 1. The first-order valence-corrected chi connectivity index (χ1v) is 6.89.